The van der Waals surface area contributed by atoms with E-state index in [0.717, 1.165) is 29.4 Å². The van der Waals surface area contributed by atoms with Gasteiger partial charge in [0.15, 0.2) is 0 Å². The fourth-order valence-electron chi connectivity index (χ4n) is 2.98. The second kappa shape index (κ2) is 12.2. The Hall–Kier alpha value is -1.51. The van der Waals surface area contributed by atoms with Gasteiger partial charge >= 0.3 is 7.60 Å². The molecule has 2 aromatic rings. The summed E-state index contributed by atoms with van der Waals surface area (Å²) >= 11 is 0. The van der Waals surface area contributed by atoms with Crippen LogP contribution in [0.25, 0.3) is 11.0 Å². The Morgan fingerprint density at radius 2 is 2.00 bits per heavy atom. The number of aliphatic hydroxyl groups excluding tert-OH is 1. The van der Waals surface area contributed by atoms with E-state index in [0.29, 0.717) is 38.8 Å². The summed E-state index contributed by atoms with van der Waals surface area (Å²) in [4.78, 5) is 11.8. The van der Waals surface area contributed by atoms with Crippen LogP contribution in [-0.4, -0.2) is 59.2 Å². The van der Waals surface area contributed by atoms with Crippen molar-refractivity contribution in [1.82, 2.24) is 20.3 Å². The summed E-state index contributed by atoms with van der Waals surface area (Å²) in [5.41, 5.74) is 2.54. The summed E-state index contributed by atoms with van der Waals surface area (Å²) < 4.78 is 29.1. The Morgan fingerprint density at radius 3 is 2.66 bits per heavy atom. The number of rotatable bonds is 15. The Kier molecular flexibility index (Phi) is 10.0. The van der Waals surface area contributed by atoms with Crippen molar-refractivity contribution in [2.75, 3.05) is 39.1 Å². The number of H-pyrrole nitrogens is 1. The van der Waals surface area contributed by atoms with Crippen molar-refractivity contribution in [2.24, 2.45) is 5.92 Å². The quantitative estimate of drug-likeness (QED) is 0.293. The largest absolute Gasteiger partial charge is 0.476 e. The van der Waals surface area contributed by atoms with Crippen molar-refractivity contribution in [1.29, 1.82) is 0 Å². The highest BCUT2D eigenvalue weighted by Crippen LogP contribution is 2.49. The minimum atomic E-state index is -3.19. The molecule has 0 fully saturated rings. The number of hydrogen-bond acceptors (Lipinski definition) is 8. The fraction of sp³-hybridized carbons (Fsp3) is 0.684. The monoisotopic (exact) mass is 428 g/mol. The van der Waals surface area contributed by atoms with Crippen molar-refractivity contribution in [2.45, 2.75) is 40.2 Å². The molecule has 0 bridgehead atoms. The molecule has 0 radical (unpaired) electrons. The van der Waals surface area contributed by atoms with Gasteiger partial charge < -0.3 is 29.2 Å². The predicted octanol–water partition coefficient (Wildman–Crippen LogP) is 3.10. The van der Waals surface area contributed by atoms with E-state index in [2.05, 4.69) is 27.2 Å². The van der Waals surface area contributed by atoms with E-state index >= 15 is 0 Å². The molecule has 0 spiro atoms. The van der Waals surface area contributed by atoms with Gasteiger partial charge in [-0.15, -0.1) is 0 Å². The molecule has 0 saturated carbocycles. The SMILES string of the molecule is CCCCOc1ncnc2c(CNCC(CO)CP(=O)(OCC)OCC)c[nH]c12. The average molecular weight is 428 g/mol. The van der Waals surface area contributed by atoms with E-state index in [4.69, 9.17) is 13.8 Å². The van der Waals surface area contributed by atoms with E-state index in [-0.39, 0.29) is 18.7 Å². The van der Waals surface area contributed by atoms with Crippen molar-refractivity contribution in [3.63, 3.8) is 0 Å². The molecule has 3 N–H and O–H groups in total. The van der Waals surface area contributed by atoms with Gasteiger partial charge in [0.1, 0.15) is 11.8 Å². The van der Waals surface area contributed by atoms with E-state index in [1.54, 1.807) is 13.8 Å². The molecular weight excluding hydrogens is 395 g/mol. The number of ether oxygens (including phenoxy) is 1. The molecule has 29 heavy (non-hydrogen) atoms. The van der Waals surface area contributed by atoms with Gasteiger partial charge in [-0.1, -0.05) is 13.3 Å². The molecule has 10 heteroatoms. The highest BCUT2D eigenvalue weighted by Gasteiger charge is 2.28. The third-order valence-electron chi connectivity index (χ3n) is 4.38. The van der Waals surface area contributed by atoms with Crippen molar-refractivity contribution in [3.05, 3.63) is 18.1 Å². The molecule has 0 aliphatic carbocycles. The Balaban J connectivity index is 1.96. The van der Waals surface area contributed by atoms with Crippen LogP contribution < -0.4 is 10.1 Å². The standard InChI is InChI=1S/C19H33N4O5P/c1-4-7-8-26-19-18-17(22-14-23-19)16(11-21-18)10-20-9-15(12-24)13-29(25,27-5-2)28-6-3/h11,14-15,20-21,24H,4-10,12-13H2,1-3H3. The van der Waals surface area contributed by atoms with Gasteiger partial charge in [0, 0.05) is 37.4 Å². The molecule has 1 unspecified atom stereocenters. The minimum absolute atomic E-state index is 0.109. The predicted molar refractivity (Wildman–Crippen MR) is 112 cm³/mol. The van der Waals surface area contributed by atoms with Crippen LogP contribution in [0, 0.1) is 5.92 Å². The number of nitrogens with zero attached hydrogens (tertiary/aromatic N) is 2. The van der Waals surface area contributed by atoms with Crippen LogP contribution in [0.15, 0.2) is 12.5 Å². The zero-order valence-electron chi connectivity index (χ0n) is 17.5. The second-order valence-corrected chi connectivity index (χ2v) is 8.83. The summed E-state index contributed by atoms with van der Waals surface area (Å²) in [5, 5.41) is 13.0. The van der Waals surface area contributed by atoms with Crippen LogP contribution in [0.1, 0.15) is 39.2 Å². The van der Waals surface area contributed by atoms with Gasteiger partial charge in [-0.3, -0.25) is 4.57 Å². The zero-order chi connectivity index (χ0) is 21.1. The fourth-order valence-corrected chi connectivity index (χ4v) is 4.93. The van der Waals surface area contributed by atoms with Gasteiger partial charge in [-0.05, 0) is 20.3 Å². The molecule has 0 saturated heterocycles. The van der Waals surface area contributed by atoms with Crippen LogP contribution in [0.5, 0.6) is 5.88 Å². The third-order valence-corrected chi connectivity index (χ3v) is 6.65. The summed E-state index contributed by atoms with van der Waals surface area (Å²) in [6.45, 7) is 7.79. The van der Waals surface area contributed by atoms with Crippen LogP contribution >= 0.6 is 7.60 Å². The first-order valence-corrected chi connectivity index (χ1v) is 11.9. The van der Waals surface area contributed by atoms with Crippen LogP contribution in [0.2, 0.25) is 0 Å². The first kappa shape index (κ1) is 23.8. The molecule has 1 atom stereocenters. The number of unbranched alkanes of at least 4 members (excludes halogenated alkanes) is 1. The maximum atomic E-state index is 12.7. The smallest absolute Gasteiger partial charge is 0.331 e. The van der Waals surface area contributed by atoms with Gasteiger partial charge in [0.2, 0.25) is 5.88 Å². The lowest BCUT2D eigenvalue weighted by Gasteiger charge is -2.22. The molecule has 0 aliphatic heterocycles. The van der Waals surface area contributed by atoms with Gasteiger partial charge in [-0.2, -0.15) is 4.98 Å². The first-order valence-electron chi connectivity index (χ1n) is 10.2. The van der Waals surface area contributed by atoms with E-state index in [1.165, 1.54) is 6.33 Å². The number of hydrogen-bond donors (Lipinski definition) is 3. The lowest BCUT2D eigenvalue weighted by molar-refractivity contribution is 0.196. The zero-order valence-corrected chi connectivity index (χ0v) is 18.4. The molecule has 2 rings (SSSR count). The Labute approximate surface area is 172 Å². The number of nitrogens with one attached hydrogen (secondary N) is 2. The molecule has 164 valence electrons. The van der Waals surface area contributed by atoms with E-state index in [9.17, 15) is 9.67 Å². The normalized spacial score (nSPS) is 13.1. The van der Waals surface area contributed by atoms with Crippen LogP contribution in [-0.2, 0) is 20.2 Å². The second-order valence-electron chi connectivity index (χ2n) is 6.73. The number of aromatic amines is 1. The Morgan fingerprint density at radius 1 is 1.24 bits per heavy atom. The molecule has 0 aliphatic rings. The van der Waals surface area contributed by atoms with Gasteiger partial charge in [0.05, 0.1) is 31.5 Å². The lowest BCUT2D eigenvalue weighted by atomic mass is 10.2. The van der Waals surface area contributed by atoms with Crippen LogP contribution in [0.3, 0.4) is 0 Å². The molecule has 9 nitrogen and oxygen atoms in total. The van der Waals surface area contributed by atoms with Crippen molar-refractivity contribution in [3.8, 4) is 5.88 Å². The first-order chi connectivity index (χ1) is 14.1. The van der Waals surface area contributed by atoms with Crippen molar-refractivity contribution >= 4 is 18.6 Å². The highest BCUT2D eigenvalue weighted by molar-refractivity contribution is 7.53. The molecule has 0 aromatic carbocycles. The van der Waals surface area contributed by atoms with Crippen molar-refractivity contribution < 1.29 is 23.5 Å². The summed E-state index contributed by atoms with van der Waals surface area (Å²) in [6, 6.07) is 0. The number of aromatic nitrogens is 3. The summed E-state index contributed by atoms with van der Waals surface area (Å²) in [7, 11) is -3.19. The van der Waals surface area contributed by atoms with E-state index < -0.39 is 7.60 Å². The number of fused-ring (bicyclic) bond motifs is 1. The molecule has 0 amide bonds. The summed E-state index contributed by atoms with van der Waals surface area (Å²) in [6.07, 6.45) is 5.57. The number of aliphatic hydroxyl groups is 1. The lowest BCUT2D eigenvalue weighted by Crippen LogP contribution is -2.28. The highest BCUT2D eigenvalue weighted by atomic mass is 31.2. The minimum Gasteiger partial charge on any atom is -0.476 e. The third kappa shape index (κ3) is 7.04. The Bertz CT molecular complexity index is 775. The summed E-state index contributed by atoms with van der Waals surface area (Å²) in [5.74, 6) is 0.309. The maximum Gasteiger partial charge on any atom is 0.331 e. The van der Waals surface area contributed by atoms with Gasteiger partial charge in [0.25, 0.3) is 0 Å². The maximum absolute atomic E-state index is 12.7. The molecule has 2 aromatic heterocycles. The van der Waals surface area contributed by atoms with E-state index in [1.807, 2.05) is 6.20 Å². The molecule has 2 heterocycles. The average Bonchev–Trinajstić information content (AvgIpc) is 3.12. The molecular formula is C19H33N4O5P. The topological polar surface area (TPSA) is 119 Å². The van der Waals surface area contributed by atoms with Crippen LogP contribution in [0.4, 0.5) is 0 Å². The van der Waals surface area contributed by atoms with Gasteiger partial charge in [-0.25, -0.2) is 4.98 Å².